The normalized spacial score (nSPS) is 29.7. The van der Waals surface area contributed by atoms with Gasteiger partial charge in [-0.3, -0.25) is 4.90 Å². The number of rotatable bonds is 2. The van der Waals surface area contributed by atoms with Crippen molar-refractivity contribution in [1.82, 2.24) is 9.88 Å². The van der Waals surface area contributed by atoms with Crippen molar-refractivity contribution in [3.63, 3.8) is 0 Å². The maximum atomic E-state index is 9.96. The van der Waals surface area contributed by atoms with Gasteiger partial charge in [0.2, 0.25) is 0 Å². The minimum Gasteiger partial charge on any atom is -0.391 e. The van der Waals surface area contributed by atoms with E-state index in [0.29, 0.717) is 6.04 Å². The molecule has 2 heterocycles. The minimum atomic E-state index is -0.105. The molecule has 1 aliphatic heterocycles. The van der Waals surface area contributed by atoms with Gasteiger partial charge in [-0.1, -0.05) is 6.07 Å². The predicted octanol–water partition coefficient (Wildman–Crippen LogP) is 1.12. The monoisotopic (exact) mass is 247 g/mol. The van der Waals surface area contributed by atoms with Crippen molar-refractivity contribution >= 4 is 5.82 Å². The molecule has 2 atom stereocenters. The summed E-state index contributed by atoms with van der Waals surface area (Å²) < 4.78 is 0. The summed E-state index contributed by atoms with van der Waals surface area (Å²) in [5.41, 5.74) is 0. The largest absolute Gasteiger partial charge is 0.391 e. The van der Waals surface area contributed by atoms with Crippen LogP contribution in [0.1, 0.15) is 19.3 Å². The van der Waals surface area contributed by atoms with Gasteiger partial charge in [0, 0.05) is 38.4 Å². The number of pyridine rings is 1. The van der Waals surface area contributed by atoms with Gasteiger partial charge in [0.1, 0.15) is 5.82 Å². The number of nitrogens with zero attached hydrogens (tertiary/aromatic N) is 3. The molecule has 1 saturated heterocycles. The van der Waals surface area contributed by atoms with Gasteiger partial charge >= 0.3 is 0 Å². The summed E-state index contributed by atoms with van der Waals surface area (Å²) in [7, 11) is 0. The Kier molecular flexibility index (Phi) is 3.48. The summed E-state index contributed by atoms with van der Waals surface area (Å²) in [6.45, 7) is 4.11. The lowest BCUT2D eigenvalue weighted by Gasteiger charge is -2.39. The zero-order valence-corrected chi connectivity index (χ0v) is 10.7. The van der Waals surface area contributed by atoms with Crippen LogP contribution in [0.25, 0.3) is 0 Å². The van der Waals surface area contributed by atoms with E-state index in [9.17, 15) is 5.11 Å². The molecule has 0 radical (unpaired) electrons. The van der Waals surface area contributed by atoms with Crippen LogP contribution in [0.15, 0.2) is 24.4 Å². The molecule has 2 aliphatic rings. The lowest BCUT2D eigenvalue weighted by molar-refractivity contribution is 0.0671. The lowest BCUT2D eigenvalue weighted by Crippen LogP contribution is -2.52. The molecular weight excluding hydrogens is 226 g/mol. The van der Waals surface area contributed by atoms with E-state index in [1.165, 1.54) is 6.42 Å². The number of aromatic nitrogens is 1. The highest BCUT2D eigenvalue weighted by Gasteiger charge is 2.32. The summed E-state index contributed by atoms with van der Waals surface area (Å²) in [4.78, 5) is 9.18. The molecule has 4 heteroatoms. The third kappa shape index (κ3) is 2.35. The van der Waals surface area contributed by atoms with Gasteiger partial charge < -0.3 is 10.0 Å². The first kappa shape index (κ1) is 11.9. The summed E-state index contributed by atoms with van der Waals surface area (Å²) in [5.74, 6) is 1.07. The third-order valence-corrected chi connectivity index (χ3v) is 4.20. The highest BCUT2D eigenvalue weighted by Crippen LogP contribution is 2.25. The van der Waals surface area contributed by atoms with Crippen LogP contribution in [-0.4, -0.2) is 53.3 Å². The topological polar surface area (TPSA) is 39.6 Å². The average Bonchev–Trinajstić information content (AvgIpc) is 2.86. The van der Waals surface area contributed by atoms with Crippen molar-refractivity contribution in [3.8, 4) is 0 Å². The molecule has 1 aliphatic carbocycles. The number of anilines is 1. The first-order valence-electron chi connectivity index (χ1n) is 6.93. The molecular formula is C14H21N3O. The third-order valence-electron chi connectivity index (χ3n) is 4.20. The van der Waals surface area contributed by atoms with Gasteiger partial charge in [0.05, 0.1) is 6.10 Å². The Balaban J connectivity index is 1.58. The quantitative estimate of drug-likeness (QED) is 0.850. The van der Waals surface area contributed by atoms with Crippen LogP contribution in [0.3, 0.4) is 0 Å². The summed E-state index contributed by atoms with van der Waals surface area (Å²) in [6.07, 6.45) is 5.05. The molecule has 1 saturated carbocycles. The van der Waals surface area contributed by atoms with Crippen molar-refractivity contribution in [3.05, 3.63) is 24.4 Å². The van der Waals surface area contributed by atoms with E-state index in [4.69, 9.17) is 0 Å². The molecule has 4 nitrogen and oxygen atoms in total. The van der Waals surface area contributed by atoms with Crippen LogP contribution in [0.4, 0.5) is 5.82 Å². The Morgan fingerprint density at radius 2 is 1.94 bits per heavy atom. The maximum absolute atomic E-state index is 9.96. The summed E-state index contributed by atoms with van der Waals surface area (Å²) in [5, 5.41) is 9.96. The Bertz CT molecular complexity index is 376. The second-order valence-corrected chi connectivity index (χ2v) is 5.28. The van der Waals surface area contributed by atoms with Gasteiger partial charge in [0.25, 0.3) is 0 Å². The average molecular weight is 247 g/mol. The highest BCUT2D eigenvalue weighted by atomic mass is 16.3. The number of piperazine rings is 1. The number of hydrogen-bond donors (Lipinski definition) is 1. The minimum absolute atomic E-state index is 0.105. The molecule has 2 fully saturated rings. The molecule has 1 N–H and O–H groups in total. The van der Waals surface area contributed by atoms with Crippen LogP contribution in [-0.2, 0) is 0 Å². The molecule has 0 spiro atoms. The van der Waals surface area contributed by atoms with E-state index in [0.717, 1.165) is 44.8 Å². The van der Waals surface area contributed by atoms with Crippen LogP contribution >= 0.6 is 0 Å². The highest BCUT2D eigenvalue weighted by molar-refractivity contribution is 5.38. The van der Waals surface area contributed by atoms with Crippen LogP contribution in [0.2, 0.25) is 0 Å². The Morgan fingerprint density at radius 1 is 1.11 bits per heavy atom. The first-order chi connectivity index (χ1) is 8.84. The van der Waals surface area contributed by atoms with E-state index in [1.54, 1.807) is 0 Å². The maximum Gasteiger partial charge on any atom is 0.128 e. The smallest absolute Gasteiger partial charge is 0.128 e. The fraction of sp³-hybridized carbons (Fsp3) is 0.643. The Hall–Kier alpha value is -1.13. The van der Waals surface area contributed by atoms with E-state index in [2.05, 4.69) is 20.9 Å². The second-order valence-electron chi connectivity index (χ2n) is 5.28. The molecule has 1 aromatic rings. The van der Waals surface area contributed by atoms with Crippen molar-refractivity contribution < 1.29 is 5.11 Å². The van der Waals surface area contributed by atoms with Gasteiger partial charge in [-0.05, 0) is 31.4 Å². The fourth-order valence-electron chi connectivity index (χ4n) is 3.17. The van der Waals surface area contributed by atoms with Gasteiger partial charge in [0.15, 0.2) is 0 Å². The van der Waals surface area contributed by atoms with Crippen LogP contribution < -0.4 is 4.90 Å². The van der Waals surface area contributed by atoms with Crippen molar-refractivity contribution in [2.45, 2.75) is 31.4 Å². The molecule has 98 valence electrons. The number of hydrogen-bond acceptors (Lipinski definition) is 4. The lowest BCUT2D eigenvalue weighted by atomic mass is 10.1. The van der Waals surface area contributed by atoms with Crippen molar-refractivity contribution in [2.24, 2.45) is 0 Å². The van der Waals surface area contributed by atoms with Crippen molar-refractivity contribution in [2.75, 3.05) is 31.1 Å². The van der Waals surface area contributed by atoms with Crippen molar-refractivity contribution in [1.29, 1.82) is 0 Å². The summed E-state index contributed by atoms with van der Waals surface area (Å²) >= 11 is 0. The number of aliphatic hydroxyl groups is 1. The van der Waals surface area contributed by atoms with Gasteiger partial charge in [-0.15, -0.1) is 0 Å². The molecule has 1 aromatic heterocycles. The van der Waals surface area contributed by atoms with E-state index >= 15 is 0 Å². The molecule has 0 bridgehead atoms. The fourth-order valence-corrected chi connectivity index (χ4v) is 3.17. The molecule has 3 rings (SSSR count). The second kappa shape index (κ2) is 5.24. The standard InChI is InChI=1S/C14H21N3O/c18-13-5-3-4-12(13)16-8-10-17(11-9-16)14-6-1-2-7-15-14/h1-2,6-7,12-13,18H,3-5,8-11H2/t12-,13-/m1/s1. The molecule has 0 unspecified atom stereocenters. The first-order valence-corrected chi connectivity index (χ1v) is 6.93. The number of aliphatic hydroxyl groups excluding tert-OH is 1. The molecule has 0 amide bonds. The molecule has 0 aromatic carbocycles. The summed E-state index contributed by atoms with van der Waals surface area (Å²) in [6, 6.07) is 6.46. The SMILES string of the molecule is O[C@@H]1CCC[C@H]1N1CCN(c2ccccn2)CC1. The van der Waals surface area contributed by atoms with E-state index < -0.39 is 0 Å². The Labute approximate surface area is 108 Å². The Morgan fingerprint density at radius 3 is 2.56 bits per heavy atom. The van der Waals surface area contributed by atoms with Crippen LogP contribution in [0, 0.1) is 0 Å². The predicted molar refractivity (Wildman–Crippen MR) is 71.7 cm³/mol. The molecule has 18 heavy (non-hydrogen) atoms. The zero-order valence-electron chi connectivity index (χ0n) is 10.7. The zero-order chi connectivity index (χ0) is 12.4. The van der Waals surface area contributed by atoms with E-state index in [-0.39, 0.29) is 6.10 Å². The van der Waals surface area contributed by atoms with Gasteiger partial charge in [-0.2, -0.15) is 0 Å². The van der Waals surface area contributed by atoms with Gasteiger partial charge in [-0.25, -0.2) is 4.98 Å². The van der Waals surface area contributed by atoms with E-state index in [1.807, 2.05) is 18.3 Å². The van der Waals surface area contributed by atoms with Crippen LogP contribution in [0.5, 0.6) is 0 Å².